The summed E-state index contributed by atoms with van der Waals surface area (Å²) < 4.78 is 5.93. The summed E-state index contributed by atoms with van der Waals surface area (Å²) in [5.74, 6) is -0.729. The molecule has 0 aromatic heterocycles. The van der Waals surface area contributed by atoms with Gasteiger partial charge in [-0.15, -0.1) is 0 Å². The van der Waals surface area contributed by atoms with Crippen molar-refractivity contribution in [2.75, 3.05) is 19.7 Å². The van der Waals surface area contributed by atoms with Crippen LogP contribution in [0.25, 0.3) is 0 Å². The van der Waals surface area contributed by atoms with E-state index in [-0.39, 0.29) is 11.6 Å². The Balaban J connectivity index is 2.00. The third kappa shape index (κ3) is 2.38. The fourth-order valence-electron chi connectivity index (χ4n) is 2.85. The number of likely N-dealkylation sites (tertiary alicyclic amines) is 1. The Morgan fingerprint density at radius 1 is 1.38 bits per heavy atom. The summed E-state index contributed by atoms with van der Waals surface area (Å²) in [5, 5.41) is 9.04. The summed E-state index contributed by atoms with van der Waals surface area (Å²) in [6, 6.07) is -0.386. The predicted molar refractivity (Wildman–Crippen MR) is 60.4 cm³/mol. The monoisotopic (exact) mass is 227 g/mol. The molecule has 0 amide bonds. The Labute approximate surface area is 96.6 Å². The molecular formula is C12H21NO3. The molecule has 2 fully saturated rings. The summed E-state index contributed by atoms with van der Waals surface area (Å²) in [4.78, 5) is 13.0. The Kier molecular flexibility index (Phi) is 3.50. The molecule has 2 heterocycles. The summed E-state index contributed by atoms with van der Waals surface area (Å²) in [6.45, 7) is 4.29. The van der Waals surface area contributed by atoms with E-state index in [0.29, 0.717) is 0 Å². The highest BCUT2D eigenvalue weighted by Gasteiger charge is 2.39. The van der Waals surface area contributed by atoms with Gasteiger partial charge in [0, 0.05) is 13.2 Å². The largest absolute Gasteiger partial charge is 0.480 e. The van der Waals surface area contributed by atoms with E-state index in [1.807, 2.05) is 0 Å². The van der Waals surface area contributed by atoms with Gasteiger partial charge in [0.05, 0.1) is 5.60 Å². The zero-order valence-corrected chi connectivity index (χ0v) is 9.95. The van der Waals surface area contributed by atoms with E-state index in [9.17, 15) is 4.79 Å². The molecule has 2 aliphatic rings. The van der Waals surface area contributed by atoms with E-state index in [1.165, 1.54) is 6.42 Å². The molecule has 4 nitrogen and oxygen atoms in total. The smallest absolute Gasteiger partial charge is 0.320 e. The van der Waals surface area contributed by atoms with Crippen LogP contribution in [-0.2, 0) is 9.53 Å². The van der Waals surface area contributed by atoms with Gasteiger partial charge < -0.3 is 9.84 Å². The average molecular weight is 227 g/mol. The molecule has 0 unspecified atom stereocenters. The van der Waals surface area contributed by atoms with Crippen molar-refractivity contribution >= 4 is 5.97 Å². The van der Waals surface area contributed by atoms with Crippen molar-refractivity contribution in [2.45, 2.75) is 50.7 Å². The number of piperidine rings is 1. The van der Waals surface area contributed by atoms with Crippen LogP contribution in [0.3, 0.4) is 0 Å². The maximum atomic E-state index is 11.0. The summed E-state index contributed by atoms with van der Waals surface area (Å²) in [5.41, 5.74) is -0.0415. The Bertz CT molecular complexity index is 255. The lowest BCUT2D eigenvalue weighted by Crippen LogP contribution is -2.55. The fourth-order valence-corrected chi connectivity index (χ4v) is 2.85. The number of carboxylic acids is 1. The molecule has 0 aliphatic carbocycles. The first-order chi connectivity index (χ1) is 7.63. The number of carbonyl (C=O) groups is 1. The second-order valence-electron chi connectivity index (χ2n) is 5.08. The third-order valence-corrected chi connectivity index (χ3v) is 3.91. The molecule has 2 atom stereocenters. The van der Waals surface area contributed by atoms with E-state index in [2.05, 4.69) is 4.90 Å². The molecule has 16 heavy (non-hydrogen) atoms. The molecule has 0 radical (unpaired) electrons. The number of hydrogen-bond donors (Lipinski definition) is 1. The van der Waals surface area contributed by atoms with Crippen molar-refractivity contribution in [3.8, 4) is 0 Å². The summed E-state index contributed by atoms with van der Waals surface area (Å²) in [7, 11) is 0. The normalized spacial score (nSPS) is 33.8. The van der Waals surface area contributed by atoms with Crippen molar-refractivity contribution in [1.82, 2.24) is 4.90 Å². The maximum Gasteiger partial charge on any atom is 0.320 e. The van der Waals surface area contributed by atoms with Crippen LogP contribution in [0.4, 0.5) is 0 Å². The third-order valence-electron chi connectivity index (χ3n) is 3.91. The van der Waals surface area contributed by atoms with E-state index >= 15 is 0 Å². The maximum absolute atomic E-state index is 11.0. The standard InChI is InChI=1S/C12H21NO3/c1-10(11(14)15)13-7-4-6-12(9-13)5-2-3-8-16-12/h10H,2-9H2,1H3,(H,14,15)/t10-,12+/m1/s1. The van der Waals surface area contributed by atoms with Gasteiger partial charge in [-0.05, 0) is 45.6 Å². The number of ether oxygens (including phenoxy) is 1. The average Bonchev–Trinajstić information content (AvgIpc) is 2.29. The minimum absolute atomic E-state index is 0.0415. The zero-order valence-electron chi connectivity index (χ0n) is 9.95. The second kappa shape index (κ2) is 4.72. The first-order valence-electron chi connectivity index (χ1n) is 6.24. The molecule has 0 aromatic carbocycles. The highest BCUT2D eigenvalue weighted by Crippen LogP contribution is 2.34. The highest BCUT2D eigenvalue weighted by atomic mass is 16.5. The number of rotatable bonds is 2. The van der Waals surface area contributed by atoms with Gasteiger partial charge in [-0.25, -0.2) is 0 Å². The van der Waals surface area contributed by atoms with Gasteiger partial charge in [-0.3, -0.25) is 9.69 Å². The van der Waals surface area contributed by atoms with Crippen LogP contribution < -0.4 is 0 Å². The highest BCUT2D eigenvalue weighted by molar-refractivity contribution is 5.72. The second-order valence-corrected chi connectivity index (χ2v) is 5.08. The Morgan fingerprint density at radius 3 is 2.75 bits per heavy atom. The van der Waals surface area contributed by atoms with Gasteiger partial charge in [0.2, 0.25) is 0 Å². The Morgan fingerprint density at radius 2 is 2.12 bits per heavy atom. The van der Waals surface area contributed by atoms with E-state index in [4.69, 9.17) is 9.84 Å². The molecule has 1 N–H and O–H groups in total. The molecule has 92 valence electrons. The van der Waals surface area contributed by atoms with Crippen LogP contribution in [0.1, 0.15) is 39.0 Å². The van der Waals surface area contributed by atoms with Crippen LogP contribution in [0.15, 0.2) is 0 Å². The van der Waals surface area contributed by atoms with Crippen molar-refractivity contribution in [1.29, 1.82) is 0 Å². The number of aliphatic carboxylic acids is 1. The molecule has 2 rings (SSSR count). The van der Waals surface area contributed by atoms with Crippen LogP contribution in [0, 0.1) is 0 Å². The fraction of sp³-hybridized carbons (Fsp3) is 0.917. The van der Waals surface area contributed by atoms with Gasteiger partial charge in [0.25, 0.3) is 0 Å². The molecule has 1 spiro atoms. The van der Waals surface area contributed by atoms with Gasteiger partial charge >= 0.3 is 5.97 Å². The topological polar surface area (TPSA) is 49.8 Å². The quantitative estimate of drug-likeness (QED) is 0.776. The van der Waals surface area contributed by atoms with Crippen molar-refractivity contribution in [2.24, 2.45) is 0 Å². The Hall–Kier alpha value is -0.610. The van der Waals surface area contributed by atoms with Crippen molar-refractivity contribution in [3.63, 3.8) is 0 Å². The molecular weight excluding hydrogens is 206 g/mol. The van der Waals surface area contributed by atoms with Crippen LogP contribution >= 0.6 is 0 Å². The van der Waals surface area contributed by atoms with E-state index < -0.39 is 5.97 Å². The van der Waals surface area contributed by atoms with Crippen LogP contribution in [0.2, 0.25) is 0 Å². The minimum Gasteiger partial charge on any atom is -0.480 e. The molecule has 0 saturated carbocycles. The van der Waals surface area contributed by atoms with Gasteiger partial charge in [0.1, 0.15) is 6.04 Å². The summed E-state index contributed by atoms with van der Waals surface area (Å²) >= 11 is 0. The van der Waals surface area contributed by atoms with Gasteiger partial charge in [-0.1, -0.05) is 0 Å². The number of hydrogen-bond acceptors (Lipinski definition) is 3. The summed E-state index contributed by atoms with van der Waals surface area (Å²) in [6.07, 6.45) is 5.61. The van der Waals surface area contributed by atoms with Crippen LogP contribution in [0.5, 0.6) is 0 Å². The molecule has 0 aromatic rings. The lowest BCUT2D eigenvalue weighted by atomic mass is 9.85. The minimum atomic E-state index is -0.729. The van der Waals surface area contributed by atoms with Crippen molar-refractivity contribution in [3.05, 3.63) is 0 Å². The van der Waals surface area contributed by atoms with Crippen LogP contribution in [-0.4, -0.2) is 47.3 Å². The van der Waals surface area contributed by atoms with Crippen molar-refractivity contribution < 1.29 is 14.6 Å². The molecule has 0 bridgehead atoms. The molecule has 2 saturated heterocycles. The van der Waals surface area contributed by atoms with E-state index in [0.717, 1.165) is 45.4 Å². The van der Waals surface area contributed by atoms with E-state index in [1.54, 1.807) is 6.92 Å². The first kappa shape index (κ1) is 11.9. The molecule has 4 heteroatoms. The predicted octanol–water partition coefficient (Wildman–Crippen LogP) is 1.49. The first-order valence-corrected chi connectivity index (χ1v) is 6.24. The molecule has 2 aliphatic heterocycles. The SMILES string of the molecule is C[C@H](C(=O)O)N1CCC[C@@]2(CCCCO2)C1. The lowest BCUT2D eigenvalue weighted by molar-refractivity contribution is -0.151. The van der Waals surface area contributed by atoms with Gasteiger partial charge in [0.15, 0.2) is 0 Å². The zero-order chi connectivity index (χ0) is 11.6. The lowest BCUT2D eigenvalue weighted by Gasteiger charge is -2.46. The number of carboxylic acid groups (broad SMARTS) is 1. The van der Waals surface area contributed by atoms with Gasteiger partial charge in [-0.2, -0.15) is 0 Å². The number of nitrogens with zero attached hydrogens (tertiary/aromatic N) is 1.